The summed E-state index contributed by atoms with van der Waals surface area (Å²) < 4.78 is 25.8. The lowest BCUT2D eigenvalue weighted by molar-refractivity contribution is -0.127. The summed E-state index contributed by atoms with van der Waals surface area (Å²) in [7, 11) is -3.23. The fraction of sp³-hybridized carbons (Fsp3) is 0.579. The van der Waals surface area contributed by atoms with Crippen LogP contribution in [0.1, 0.15) is 36.0 Å². The number of benzene rings is 1. The average molecular weight is 472 g/mol. The number of carbonyl (C=O) groups excluding carboxylic acids is 2. The van der Waals surface area contributed by atoms with Gasteiger partial charge in [-0.1, -0.05) is 15.9 Å². The van der Waals surface area contributed by atoms with Crippen LogP contribution in [0.2, 0.25) is 0 Å². The summed E-state index contributed by atoms with van der Waals surface area (Å²) in [5.74, 6) is -0.180. The van der Waals surface area contributed by atoms with Crippen molar-refractivity contribution < 1.29 is 18.0 Å². The van der Waals surface area contributed by atoms with E-state index in [1.807, 2.05) is 12.1 Å². The van der Waals surface area contributed by atoms with Crippen molar-refractivity contribution in [2.45, 2.75) is 31.7 Å². The van der Waals surface area contributed by atoms with Gasteiger partial charge < -0.3 is 10.2 Å². The van der Waals surface area contributed by atoms with Crippen molar-refractivity contribution in [3.63, 3.8) is 0 Å². The van der Waals surface area contributed by atoms with Crippen LogP contribution in [0.25, 0.3) is 0 Å². The standard InChI is InChI=1S/C19H26BrN3O4S/c1-28(26,27)23-10-2-3-17(13-23)21-18(24)14-8-11-22(12-9-14)19(25)15-4-6-16(20)7-5-15/h4-7,14,17H,2-3,8-13H2,1H3,(H,21,24). The van der Waals surface area contributed by atoms with E-state index in [0.29, 0.717) is 44.6 Å². The number of hydrogen-bond donors (Lipinski definition) is 1. The molecule has 2 fully saturated rings. The molecule has 1 unspecified atom stereocenters. The summed E-state index contributed by atoms with van der Waals surface area (Å²) in [5, 5.41) is 3.02. The van der Waals surface area contributed by atoms with E-state index in [9.17, 15) is 18.0 Å². The van der Waals surface area contributed by atoms with Gasteiger partial charge in [0, 0.05) is 48.2 Å². The second-order valence-corrected chi connectivity index (χ2v) is 10.4. The van der Waals surface area contributed by atoms with E-state index in [4.69, 9.17) is 0 Å². The first-order chi connectivity index (χ1) is 13.2. The lowest BCUT2D eigenvalue weighted by atomic mass is 9.94. The lowest BCUT2D eigenvalue weighted by Crippen LogP contribution is -2.51. The smallest absolute Gasteiger partial charge is 0.253 e. The molecule has 1 atom stereocenters. The Morgan fingerprint density at radius 2 is 1.71 bits per heavy atom. The molecule has 1 aromatic rings. The van der Waals surface area contributed by atoms with Crippen LogP contribution >= 0.6 is 15.9 Å². The summed E-state index contributed by atoms with van der Waals surface area (Å²) in [4.78, 5) is 27.0. The molecule has 0 bridgehead atoms. The van der Waals surface area contributed by atoms with Crippen molar-refractivity contribution >= 4 is 37.8 Å². The molecular weight excluding hydrogens is 446 g/mol. The minimum Gasteiger partial charge on any atom is -0.352 e. The zero-order valence-electron chi connectivity index (χ0n) is 15.9. The van der Waals surface area contributed by atoms with Gasteiger partial charge in [0.25, 0.3) is 5.91 Å². The van der Waals surface area contributed by atoms with E-state index >= 15 is 0 Å². The van der Waals surface area contributed by atoms with Crippen LogP contribution in [0.15, 0.2) is 28.7 Å². The maximum Gasteiger partial charge on any atom is 0.253 e. The SMILES string of the molecule is CS(=O)(=O)N1CCCC(NC(=O)C2CCN(C(=O)c3ccc(Br)cc3)CC2)C1. The molecule has 0 aromatic heterocycles. The number of sulfonamides is 1. The number of nitrogens with zero attached hydrogens (tertiary/aromatic N) is 2. The van der Waals surface area contributed by atoms with E-state index in [2.05, 4.69) is 21.2 Å². The van der Waals surface area contributed by atoms with Gasteiger partial charge in [0.15, 0.2) is 0 Å². The van der Waals surface area contributed by atoms with Gasteiger partial charge >= 0.3 is 0 Å². The molecule has 2 aliphatic rings. The Kier molecular flexibility index (Phi) is 6.77. The molecule has 9 heteroatoms. The first kappa shape index (κ1) is 21.3. The second-order valence-electron chi connectivity index (χ2n) is 7.54. The summed E-state index contributed by atoms with van der Waals surface area (Å²) in [5.41, 5.74) is 0.647. The number of halogens is 1. The molecule has 154 valence electrons. The predicted molar refractivity (Wildman–Crippen MR) is 110 cm³/mol. The molecule has 2 aliphatic heterocycles. The van der Waals surface area contributed by atoms with Crippen molar-refractivity contribution in [2.75, 3.05) is 32.4 Å². The number of carbonyl (C=O) groups is 2. The fourth-order valence-electron chi connectivity index (χ4n) is 3.80. The number of piperidine rings is 2. The van der Waals surface area contributed by atoms with E-state index in [0.717, 1.165) is 17.3 Å². The largest absolute Gasteiger partial charge is 0.352 e. The molecule has 2 amide bonds. The first-order valence-corrected chi connectivity index (χ1v) is 12.2. The Hall–Kier alpha value is -1.45. The topological polar surface area (TPSA) is 86.8 Å². The maximum absolute atomic E-state index is 12.6. The van der Waals surface area contributed by atoms with Crippen LogP contribution in [-0.4, -0.2) is 67.9 Å². The number of amides is 2. The fourth-order valence-corrected chi connectivity index (χ4v) is 4.98. The summed E-state index contributed by atoms with van der Waals surface area (Å²) in [6.45, 7) is 1.95. The molecular formula is C19H26BrN3O4S. The highest BCUT2D eigenvalue weighted by atomic mass is 79.9. The zero-order valence-corrected chi connectivity index (χ0v) is 18.3. The highest BCUT2D eigenvalue weighted by Crippen LogP contribution is 2.21. The molecule has 2 saturated heterocycles. The predicted octanol–water partition coefficient (Wildman–Crippen LogP) is 1.84. The lowest BCUT2D eigenvalue weighted by Gasteiger charge is -2.34. The van der Waals surface area contributed by atoms with Crippen LogP contribution in [-0.2, 0) is 14.8 Å². The molecule has 1 aromatic carbocycles. The second kappa shape index (κ2) is 8.92. The average Bonchev–Trinajstić information content (AvgIpc) is 2.68. The third kappa shape index (κ3) is 5.33. The van der Waals surface area contributed by atoms with Crippen LogP contribution < -0.4 is 5.32 Å². The van der Waals surface area contributed by atoms with E-state index in [1.54, 1.807) is 17.0 Å². The van der Waals surface area contributed by atoms with Gasteiger partial charge in [-0.05, 0) is 49.9 Å². The van der Waals surface area contributed by atoms with Crippen molar-refractivity contribution in [2.24, 2.45) is 5.92 Å². The van der Waals surface area contributed by atoms with Crippen molar-refractivity contribution in [1.29, 1.82) is 0 Å². The van der Waals surface area contributed by atoms with Crippen molar-refractivity contribution in [3.8, 4) is 0 Å². The molecule has 2 heterocycles. The Labute approximate surface area is 174 Å². The first-order valence-electron chi connectivity index (χ1n) is 9.54. The molecule has 1 N–H and O–H groups in total. The van der Waals surface area contributed by atoms with Crippen LogP contribution in [0.4, 0.5) is 0 Å². The highest BCUT2D eigenvalue weighted by molar-refractivity contribution is 9.10. The molecule has 3 rings (SSSR count). The molecule has 0 spiro atoms. The minimum atomic E-state index is -3.23. The highest BCUT2D eigenvalue weighted by Gasteiger charge is 2.31. The monoisotopic (exact) mass is 471 g/mol. The number of nitrogens with one attached hydrogen (secondary N) is 1. The normalized spacial score (nSPS) is 22.1. The molecule has 0 radical (unpaired) electrons. The van der Waals surface area contributed by atoms with Gasteiger partial charge in [0.2, 0.25) is 15.9 Å². The molecule has 28 heavy (non-hydrogen) atoms. The van der Waals surface area contributed by atoms with Crippen LogP contribution in [0.3, 0.4) is 0 Å². The summed E-state index contributed by atoms with van der Waals surface area (Å²) in [6, 6.07) is 7.14. The third-order valence-electron chi connectivity index (χ3n) is 5.44. The van der Waals surface area contributed by atoms with Gasteiger partial charge in [0.05, 0.1) is 6.26 Å². The quantitative estimate of drug-likeness (QED) is 0.725. The van der Waals surface area contributed by atoms with E-state index < -0.39 is 10.0 Å². The molecule has 0 saturated carbocycles. The van der Waals surface area contributed by atoms with E-state index in [-0.39, 0.29) is 23.8 Å². The molecule has 7 nitrogen and oxygen atoms in total. The van der Waals surface area contributed by atoms with Gasteiger partial charge in [0.1, 0.15) is 0 Å². The minimum absolute atomic E-state index is 0.0116. The number of rotatable bonds is 4. The van der Waals surface area contributed by atoms with Crippen molar-refractivity contribution in [3.05, 3.63) is 34.3 Å². The van der Waals surface area contributed by atoms with Gasteiger partial charge in [-0.25, -0.2) is 12.7 Å². The van der Waals surface area contributed by atoms with Gasteiger partial charge in [-0.15, -0.1) is 0 Å². The Morgan fingerprint density at radius 1 is 1.07 bits per heavy atom. The Balaban J connectivity index is 1.50. The number of likely N-dealkylation sites (tertiary alicyclic amines) is 1. The Bertz CT molecular complexity index is 820. The summed E-state index contributed by atoms with van der Waals surface area (Å²) >= 11 is 3.36. The van der Waals surface area contributed by atoms with Crippen LogP contribution in [0, 0.1) is 5.92 Å². The molecule has 0 aliphatic carbocycles. The maximum atomic E-state index is 12.6. The summed E-state index contributed by atoms with van der Waals surface area (Å²) in [6.07, 6.45) is 3.99. The third-order valence-corrected chi connectivity index (χ3v) is 7.24. The van der Waals surface area contributed by atoms with Gasteiger partial charge in [-0.2, -0.15) is 0 Å². The zero-order chi connectivity index (χ0) is 20.3. The van der Waals surface area contributed by atoms with Crippen LogP contribution in [0.5, 0.6) is 0 Å². The number of hydrogen-bond acceptors (Lipinski definition) is 4. The van der Waals surface area contributed by atoms with E-state index in [1.165, 1.54) is 10.6 Å². The van der Waals surface area contributed by atoms with Crippen molar-refractivity contribution in [1.82, 2.24) is 14.5 Å². The van der Waals surface area contributed by atoms with Gasteiger partial charge in [-0.3, -0.25) is 9.59 Å². The Morgan fingerprint density at radius 3 is 2.32 bits per heavy atom.